The van der Waals surface area contributed by atoms with Gasteiger partial charge >= 0.3 is 0 Å². The van der Waals surface area contributed by atoms with Crippen LogP contribution in [-0.2, 0) is 11.3 Å². The fraction of sp³-hybridized carbons (Fsp3) is 0.265. The summed E-state index contributed by atoms with van der Waals surface area (Å²) in [5, 5.41) is 11.7. The minimum absolute atomic E-state index is 0.0230. The van der Waals surface area contributed by atoms with Crippen LogP contribution in [0, 0.1) is 12.8 Å². The Balaban J connectivity index is 1.24. The van der Waals surface area contributed by atoms with Gasteiger partial charge in [-0.1, -0.05) is 29.8 Å². The van der Waals surface area contributed by atoms with Crippen LogP contribution < -0.4 is 25.0 Å². The van der Waals surface area contributed by atoms with E-state index in [0.29, 0.717) is 59.4 Å². The number of anilines is 1. The molecule has 1 saturated heterocycles. The molecule has 4 heterocycles. The van der Waals surface area contributed by atoms with Crippen molar-refractivity contribution in [2.75, 3.05) is 32.8 Å². The van der Waals surface area contributed by atoms with E-state index < -0.39 is 5.91 Å². The smallest absolute Gasteiger partial charge is 0.262 e. The first kappa shape index (κ1) is 29.8. The van der Waals surface area contributed by atoms with Crippen LogP contribution in [0.1, 0.15) is 28.8 Å². The Morgan fingerprint density at radius 1 is 0.956 bits per heavy atom. The van der Waals surface area contributed by atoms with Gasteiger partial charge in [-0.15, -0.1) is 10.2 Å². The molecule has 1 aliphatic heterocycles. The van der Waals surface area contributed by atoms with Crippen LogP contribution in [0.3, 0.4) is 0 Å². The third-order valence-corrected chi connectivity index (χ3v) is 7.80. The van der Waals surface area contributed by atoms with Gasteiger partial charge in [-0.05, 0) is 49.4 Å². The largest absolute Gasteiger partial charge is 0.493 e. The summed E-state index contributed by atoms with van der Waals surface area (Å²) in [6.07, 6.45) is 6.92. The SMILES string of the molecule is COc1cc2nccc(Oc3ccc(NC(=O)c4cn(CC5CCOCC5)cc(-c5ccc(C)cc5)c4=O)nn3)c2cc1OC. The Kier molecular flexibility index (Phi) is 8.70. The number of benzene rings is 2. The van der Waals surface area contributed by atoms with Crippen molar-refractivity contribution in [1.82, 2.24) is 19.7 Å². The summed E-state index contributed by atoms with van der Waals surface area (Å²) in [6, 6.07) is 16.1. The number of carbonyl (C=O) groups excluding carboxylic acids is 1. The average Bonchev–Trinajstić information content (AvgIpc) is 3.06. The lowest BCUT2D eigenvalue weighted by atomic mass is 9.99. The number of pyridine rings is 2. The van der Waals surface area contributed by atoms with Crippen LogP contribution in [0.5, 0.6) is 23.1 Å². The molecule has 1 fully saturated rings. The number of rotatable bonds is 9. The normalized spacial score (nSPS) is 13.4. The molecule has 0 unspecified atom stereocenters. The molecule has 0 aliphatic carbocycles. The zero-order valence-electron chi connectivity index (χ0n) is 25.3. The van der Waals surface area contributed by atoms with Gasteiger partial charge in [0.25, 0.3) is 5.91 Å². The predicted octanol–water partition coefficient (Wildman–Crippen LogP) is 5.65. The number of hydrogen-bond donors (Lipinski definition) is 1. The molecule has 1 aliphatic rings. The molecular weight excluding hydrogens is 574 g/mol. The first-order chi connectivity index (χ1) is 21.9. The van der Waals surface area contributed by atoms with Gasteiger partial charge in [-0.2, -0.15) is 0 Å². The van der Waals surface area contributed by atoms with E-state index in [1.54, 1.807) is 56.9 Å². The molecule has 6 rings (SSSR count). The lowest BCUT2D eigenvalue weighted by Gasteiger charge is -2.23. The number of aromatic nitrogens is 4. The highest BCUT2D eigenvalue weighted by Gasteiger charge is 2.20. The van der Waals surface area contributed by atoms with Gasteiger partial charge in [0.15, 0.2) is 17.3 Å². The zero-order valence-corrected chi connectivity index (χ0v) is 25.3. The Hall–Kier alpha value is -5.29. The van der Waals surface area contributed by atoms with E-state index in [-0.39, 0.29) is 22.7 Å². The van der Waals surface area contributed by atoms with Crippen molar-refractivity contribution in [3.8, 4) is 34.3 Å². The number of hydrogen-bond acceptors (Lipinski definition) is 9. The molecule has 2 aromatic carbocycles. The number of nitrogens with zero attached hydrogens (tertiary/aromatic N) is 4. The molecule has 0 bridgehead atoms. The quantitative estimate of drug-likeness (QED) is 0.226. The molecular formula is C34H33N5O6. The summed E-state index contributed by atoms with van der Waals surface area (Å²) >= 11 is 0. The first-order valence-electron chi connectivity index (χ1n) is 14.6. The highest BCUT2D eigenvalue weighted by molar-refractivity contribution is 6.04. The minimum Gasteiger partial charge on any atom is -0.493 e. The Morgan fingerprint density at radius 3 is 2.42 bits per heavy atom. The number of nitrogens with one attached hydrogen (secondary N) is 1. The van der Waals surface area contributed by atoms with Gasteiger partial charge in [0.05, 0.1) is 19.7 Å². The summed E-state index contributed by atoms with van der Waals surface area (Å²) in [6.45, 7) is 4.09. The zero-order chi connectivity index (χ0) is 31.3. The van der Waals surface area contributed by atoms with Crippen LogP contribution in [0.15, 0.2) is 78.0 Å². The molecule has 0 atom stereocenters. The van der Waals surface area contributed by atoms with Crippen molar-refractivity contribution in [2.45, 2.75) is 26.3 Å². The van der Waals surface area contributed by atoms with Gasteiger partial charge in [0, 0.05) is 61.4 Å². The second kappa shape index (κ2) is 13.1. The molecule has 0 saturated carbocycles. The maximum Gasteiger partial charge on any atom is 0.262 e. The van der Waals surface area contributed by atoms with Crippen LogP contribution >= 0.6 is 0 Å². The van der Waals surface area contributed by atoms with E-state index in [1.165, 1.54) is 0 Å². The molecule has 230 valence electrons. The van der Waals surface area contributed by atoms with Gasteiger partial charge in [-0.3, -0.25) is 14.6 Å². The second-order valence-electron chi connectivity index (χ2n) is 10.9. The van der Waals surface area contributed by atoms with Crippen molar-refractivity contribution < 1.29 is 23.7 Å². The molecule has 0 radical (unpaired) electrons. The number of aryl methyl sites for hydroxylation is 1. The molecule has 0 spiro atoms. The third kappa shape index (κ3) is 6.63. The van der Waals surface area contributed by atoms with Crippen molar-refractivity contribution >= 4 is 22.6 Å². The summed E-state index contributed by atoms with van der Waals surface area (Å²) < 4.78 is 24.2. The molecule has 5 aromatic rings. The average molecular weight is 608 g/mol. The third-order valence-electron chi connectivity index (χ3n) is 7.80. The van der Waals surface area contributed by atoms with E-state index in [2.05, 4.69) is 20.5 Å². The predicted molar refractivity (Wildman–Crippen MR) is 169 cm³/mol. The van der Waals surface area contributed by atoms with Gasteiger partial charge < -0.3 is 28.8 Å². The van der Waals surface area contributed by atoms with E-state index in [0.717, 1.165) is 24.0 Å². The van der Waals surface area contributed by atoms with Crippen molar-refractivity contribution in [3.05, 3.63) is 94.5 Å². The van der Waals surface area contributed by atoms with E-state index in [1.807, 2.05) is 42.0 Å². The van der Waals surface area contributed by atoms with Gasteiger partial charge in [-0.25, -0.2) is 0 Å². The number of ether oxygens (including phenoxy) is 4. The number of methoxy groups -OCH3 is 2. The number of fused-ring (bicyclic) bond motifs is 1. The van der Waals surface area contributed by atoms with Crippen molar-refractivity contribution in [2.24, 2.45) is 5.92 Å². The number of carbonyl (C=O) groups is 1. The summed E-state index contributed by atoms with van der Waals surface area (Å²) in [7, 11) is 3.11. The molecule has 1 N–H and O–H groups in total. The molecule has 11 nitrogen and oxygen atoms in total. The minimum atomic E-state index is -0.571. The van der Waals surface area contributed by atoms with Gasteiger partial charge in [0.2, 0.25) is 11.3 Å². The highest BCUT2D eigenvalue weighted by atomic mass is 16.5. The Morgan fingerprint density at radius 2 is 1.71 bits per heavy atom. The fourth-order valence-corrected chi connectivity index (χ4v) is 5.34. The molecule has 11 heteroatoms. The van der Waals surface area contributed by atoms with Crippen LogP contribution in [-0.4, -0.2) is 53.1 Å². The monoisotopic (exact) mass is 607 g/mol. The van der Waals surface area contributed by atoms with Crippen molar-refractivity contribution in [3.63, 3.8) is 0 Å². The summed E-state index contributed by atoms with van der Waals surface area (Å²) in [4.78, 5) is 31.5. The first-order valence-corrected chi connectivity index (χ1v) is 14.6. The second-order valence-corrected chi connectivity index (χ2v) is 10.9. The van der Waals surface area contributed by atoms with Crippen molar-refractivity contribution in [1.29, 1.82) is 0 Å². The highest BCUT2D eigenvalue weighted by Crippen LogP contribution is 2.36. The van der Waals surface area contributed by atoms with E-state index >= 15 is 0 Å². The van der Waals surface area contributed by atoms with Crippen LogP contribution in [0.25, 0.3) is 22.0 Å². The summed E-state index contributed by atoms with van der Waals surface area (Å²) in [5.41, 5.74) is 2.61. The maximum atomic E-state index is 13.6. The lowest BCUT2D eigenvalue weighted by molar-refractivity contribution is 0.0612. The van der Waals surface area contributed by atoms with E-state index in [9.17, 15) is 9.59 Å². The standard InChI is InChI=1S/C34H33N5O6/c1-21-4-6-23(7-5-21)25-19-39(18-22-11-14-44-15-12-22)20-26(33(25)40)34(41)36-31-8-9-32(38-37-31)45-28-10-13-35-27-17-30(43-3)29(42-2)16-24(27)28/h4-10,13,16-17,19-20,22H,11-12,14-15,18H2,1-3H3,(H,36,37,41). The maximum absolute atomic E-state index is 13.6. The Bertz CT molecular complexity index is 1880. The molecule has 3 aromatic heterocycles. The summed E-state index contributed by atoms with van der Waals surface area (Å²) in [5.74, 6) is 1.77. The van der Waals surface area contributed by atoms with E-state index in [4.69, 9.17) is 18.9 Å². The van der Waals surface area contributed by atoms with Crippen LogP contribution in [0.4, 0.5) is 5.82 Å². The number of amides is 1. The topological polar surface area (TPSA) is 127 Å². The van der Waals surface area contributed by atoms with Crippen LogP contribution in [0.2, 0.25) is 0 Å². The fourth-order valence-electron chi connectivity index (χ4n) is 5.34. The van der Waals surface area contributed by atoms with Gasteiger partial charge in [0.1, 0.15) is 11.3 Å². The Labute approximate surface area is 259 Å². The lowest BCUT2D eigenvalue weighted by Crippen LogP contribution is -2.27. The molecule has 45 heavy (non-hydrogen) atoms. The molecule has 1 amide bonds.